The lowest BCUT2D eigenvalue weighted by atomic mass is 10.0. The first-order valence-electron chi connectivity index (χ1n) is 8.80. The van der Waals surface area contributed by atoms with Crippen molar-refractivity contribution in [2.75, 3.05) is 30.8 Å². The van der Waals surface area contributed by atoms with E-state index in [0.717, 1.165) is 42.9 Å². The summed E-state index contributed by atoms with van der Waals surface area (Å²) < 4.78 is 0. The second-order valence-corrected chi connectivity index (χ2v) is 6.62. The Balaban J connectivity index is 0.00000182. The van der Waals surface area contributed by atoms with Crippen molar-refractivity contribution in [3.63, 3.8) is 0 Å². The van der Waals surface area contributed by atoms with Gasteiger partial charge in [-0.2, -0.15) is 0 Å². The van der Waals surface area contributed by atoms with E-state index < -0.39 is 0 Å². The number of nitrogens with two attached hydrogens (primary N) is 1. The number of amides is 1. The van der Waals surface area contributed by atoms with Gasteiger partial charge in [-0.05, 0) is 62.8 Å². The molecule has 1 amide bonds. The number of nitrogens with zero attached hydrogens (tertiary/aromatic N) is 1. The molecule has 0 aliphatic carbocycles. The molecule has 1 aliphatic heterocycles. The van der Waals surface area contributed by atoms with Crippen LogP contribution in [0.15, 0.2) is 48.5 Å². The lowest BCUT2D eigenvalue weighted by molar-refractivity contribution is 0.102. The number of halogens is 2. The lowest BCUT2D eigenvalue weighted by Gasteiger charge is -2.30. The second kappa shape index (κ2) is 11.1. The number of likely N-dealkylation sites (tertiary alicyclic amines) is 1. The van der Waals surface area contributed by atoms with Crippen molar-refractivity contribution >= 4 is 42.1 Å². The van der Waals surface area contributed by atoms with E-state index in [4.69, 9.17) is 5.73 Å². The van der Waals surface area contributed by atoms with Crippen LogP contribution in [0.3, 0.4) is 0 Å². The van der Waals surface area contributed by atoms with Crippen LogP contribution in [0.4, 0.5) is 11.4 Å². The Morgan fingerprint density at radius 2 is 1.63 bits per heavy atom. The first kappa shape index (κ1) is 23.2. The zero-order chi connectivity index (χ0) is 17.6. The molecule has 1 heterocycles. The van der Waals surface area contributed by atoms with Crippen LogP contribution in [0.5, 0.6) is 0 Å². The Bertz CT molecular complexity index is 716. The molecule has 0 saturated carbocycles. The van der Waals surface area contributed by atoms with Crippen molar-refractivity contribution in [1.82, 2.24) is 4.90 Å². The van der Waals surface area contributed by atoms with Gasteiger partial charge in [-0.15, -0.1) is 24.8 Å². The molecule has 0 aromatic heterocycles. The predicted octanol–water partition coefficient (Wildman–Crippen LogP) is 3.75. The predicted molar refractivity (Wildman–Crippen MR) is 117 cm³/mol. The Morgan fingerprint density at radius 1 is 1.04 bits per heavy atom. The molecule has 1 aliphatic rings. The first-order chi connectivity index (χ1) is 12.2. The summed E-state index contributed by atoms with van der Waals surface area (Å²) in [6.07, 6.45) is 2.22. The maximum Gasteiger partial charge on any atom is 0.255 e. The third kappa shape index (κ3) is 6.40. The summed E-state index contributed by atoms with van der Waals surface area (Å²) in [5.74, 6) is -0.110. The Kier molecular flexibility index (Phi) is 9.60. The number of piperidine rings is 1. The zero-order valence-corrected chi connectivity index (χ0v) is 17.1. The summed E-state index contributed by atoms with van der Waals surface area (Å²) in [5.41, 5.74) is 9.04. The fourth-order valence-corrected chi connectivity index (χ4v) is 3.08. The van der Waals surface area contributed by atoms with Gasteiger partial charge in [0.15, 0.2) is 0 Å². The Labute approximate surface area is 173 Å². The normalized spacial score (nSPS) is 14.6. The maximum absolute atomic E-state index is 12.5. The molecule has 2 aromatic rings. The van der Waals surface area contributed by atoms with Crippen molar-refractivity contribution in [2.24, 2.45) is 5.73 Å². The Hall–Kier alpha value is -1.79. The molecule has 27 heavy (non-hydrogen) atoms. The number of carbonyl (C=O) groups is 1. The van der Waals surface area contributed by atoms with Crippen molar-refractivity contribution < 1.29 is 4.79 Å². The SMILES string of the molecule is CN1CCC(Nc2ccccc2NC(=O)c2ccc(CN)cc2)CC1.Cl.Cl. The van der Waals surface area contributed by atoms with Gasteiger partial charge in [-0.1, -0.05) is 24.3 Å². The number of hydrogen-bond donors (Lipinski definition) is 3. The molecule has 0 spiro atoms. The maximum atomic E-state index is 12.5. The van der Waals surface area contributed by atoms with Gasteiger partial charge in [0, 0.05) is 18.2 Å². The standard InChI is InChI=1S/C20H26N4O.2ClH/c1-24-12-10-17(11-13-24)22-18-4-2-3-5-19(18)23-20(25)16-8-6-15(14-21)7-9-16;;/h2-9,17,22H,10-14,21H2,1H3,(H,23,25);2*1H. The molecule has 1 fully saturated rings. The number of hydrogen-bond acceptors (Lipinski definition) is 4. The Morgan fingerprint density at radius 3 is 2.22 bits per heavy atom. The van der Waals surface area contributed by atoms with E-state index in [1.54, 1.807) is 0 Å². The third-order valence-corrected chi connectivity index (χ3v) is 4.71. The van der Waals surface area contributed by atoms with Gasteiger partial charge in [0.2, 0.25) is 0 Å². The minimum atomic E-state index is -0.110. The molecule has 0 radical (unpaired) electrons. The van der Waals surface area contributed by atoms with E-state index in [0.29, 0.717) is 18.2 Å². The molecule has 3 rings (SSSR count). The molecular weight excluding hydrogens is 383 g/mol. The molecule has 0 atom stereocenters. The molecule has 4 N–H and O–H groups in total. The van der Waals surface area contributed by atoms with E-state index in [1.807, 2.05) is 48.5 Å². The summed E-state index contributed by atoms with van der Waals surface area (Å²) in [5, 5.41) is 6.61. The van der Waals surface area contributed by atoms with Gasteiger partial charge >= 0.3 is 0 Å². The van der Waals surface area contributed by atoms with Gasteiger partial charge < -0.3 is 21.3 Å². The minimum absolute atomic E-state index is 0. The summed E-state index contributed by atoms with van der Waals surface area (Å²) in [7, 11) is 2.15. The van der Waals surface area contributed by atoms with Crippen LogP contribution in [-0.2, 0) is 6.54 Å². The van der Waals surface area contributed by atoms with Crippen LogP contribution in [0, 0.1) is 0 Å². The first-order valence-corrected chi connectivity index (χ1v) is 8.80. The van der Waals surface area contributed by atoms with Crippen molar-refractivity contribution in [3.8, 4) is 0 Å². The summed E-state index contributed by atoms with van der Waals surface area (Å²) in [6.45, 7) is 2.67. The highest BCUT2D eigenvalue weighted by molar-refractivity contribution is 6.05. The highest BCUT2D eigenvalue weighted by Crippen LogP contribution is 2.25. The van der Waals surface area contributed by atoms with Crippen LogP contribution in [0.2, 0.25) is 0 Å². The second-order valence-electron chi connectivity index (χ2n) is 6.62. The van der Waals surface area contributed by atoms with E-state index in [1.165, 1.54) is 0 Å². The molecule has 7 heteroatoms. The quantitative estimate of drug-likeness (QED) is 0.701. The number of rotatable bonds is 5. The fourth-order valence-electron chi connectivity index (χ4n) is 3.08. The largest absolute Gasteiger partial charge is 0.381 e. The molecule has 0 unspecified atom stereocenters. The van der Waals surface area contributed by atoms with Gasteiger partial charge in [0.05, 0.1) is 11.4 Å². The van der Waals surface area contributed by atoms with E-state index in [-0.39, 0.29) is 30.7 Å². The van der Waals surface area contributed by atoms with Crippen LogP contribution in [0.1, 0.15) is 28.8 Å². The monoisotopic (exact) mass is 410 g/mol. The van der Waals surface area contributed by atoms with Gasteiger partial charge in [0.25, 0.3) is 5.91 Å². The third-order valence-electron chi connectivity index (χ3n) is 4.71. The molecule has 148 valence electrons. The molecular formula is C20H28Cl2N4O. The molecule has 2 aromatic carbocycles. The highest BCUT2D eigenvalue weighted by atomic mass is 35.5. The molecule has 0 bridgehead atoms. The number of carbonyl (C=O) groups excluding carboxylic acids is 1. The van der Waals surface area contributed by atoms with Crippen LogP contribution in [-0.4, -0.2) is 37.0 Å². The van der Waals surface area contributed by atoms with Crippen LogP contribution < -0.4 is 16.4 Å². The number of benzene rings is 2. The van der Waals surface area contributed by atoms with Crippen molar-refractivity contribution in [2.45, 2.75) is 25.4 Å². The van der Waals surface area contributed by atoms with Crippen LogP contribution >= 0.6 is 24.8 Å². The average molecular weight is 411 g/mol. The van der Waals surface area contributed by atoms with E-state index in [9.17, 15) is 4.79 Å². The highest BCUT2D eigenvalue weighted by Gasteiger charge is 2.17. The zero-order valence-electron chi connectivity index (χ0n) is 15.5. The number of para-hydroxylation sites is 2. The number of anilines is 2. The lowest BCUT2D eigenvalue weighted by Crippen LogP contribution is -2.36. The van der Waals surface area contributed by atoms with Crippen molar-refractivity contribution in [3.05, 3.63) is 59.7 Å². The van der Waals surface area contributed by atoms with Gasteiger partial charge in [-0.3, -0.25) is 4.79 Å². The number of nitrogens with one attached hydrogen (secondary N) is 2. The summed E-state index contributed by atoms with van der Waals surface area (Å²) in [4.78, 5) is 14.9. The molecule has 5 nitrogen and oxygen atoms in total. The average Bonchev–Trinajstić information content (AvgIpc) is 2.65. The minimum Gasteiger partial charge on any atom is -0.381 e. The van der Waals surface area contributed by atoms with Gasteiger partial charge in [0.1, 0.15) is 0 Å². The molecule has 1 saturated heterocycles. The summed E-state index contributed by atoms with van der Waals surface area (Å²) >= 11 is 0. The summed E-state index contributed by atoms with van der Waals surface area (Å²) in [6, 6.07) is 15.7. The van der Waals surface area contributed by atoms with Crippen molar-refractivity contribution in [1.29, 1.82) is 0 Å². The van der Waals surface area contributed by atoms with E-state index >= 15 is 0 Å². The van der Waals surface area contributed by atoms with E-state index in [2.05, 4.69) is 22.6 Å². The van der Waals surface area contributed by atoms with Gasteiger partial charge in [-0.25, -0.2) is 0 Å². The fraction of sp³-hybridized carbons (Fsp3) is 0.350. The smallest absolute Gasteiger partial charge is 0.255 e. The van der Waals surface area contributed by atoms with Crippen LogP contribution in [0.25, 0.3) is 0 Å². The topological polar surface area (TPSA) is 70.4 Å².